The minimum atomic E-state index is -0.515. The molecule has 2 N–H and O–H groups in total. The third-order valence-electron chi connectivity index (χ3n) is 2.65. The summed E-state index contributed by atoms with van der Waals surface area (Å²) in [6.45, 7) is 3.55. The van der Waals surface area contributed by atoms with Gasteiger partial charge in [0.25, 0.3) is 5.91 Å². The predicted molar refractivity (Wildman–Crippen MR) is 65.6 cm³/mol. The monoisotopic (exact) mass is 247 g/mol. The van der Waals surface area contributed by atoms with Crippen LogP contribution in [0.25, 0.3) is 0 Å². The van der Waals surface area contributed by atoms with Crippen LogP contribution in [0.15, 0.2) is 30.6 Å². The summed E-state index contributed by atoms with van der Waals surface area (Å²) in [6.07, 6.45) is 3.27. The number of hydrogen-bond acceptors (Lipinski definition) is 2. The number of aromatic nitrogens is 2. The molecule has 4 nitrogen and oxygen atoms in total. The summed E-state index contributed by atoms with van der Waals surface area (Å²) in [4.78, 5) is 18.8. The van der Waals surface area contributed by atoms with Crippen molar-refractivity contribution in [3.63, 3.8) is 0 Å². The summed E-state index contributed by atoms with van der Waals surface area (Å²) < 4.78 is 13.6. The van der Waals surface area contributed by atoms with E-state index in [0.29, 0.717) is 5.82 Å². The van der Waals surface area contributed by atoms with Crippen molar-refractivity contribution < 1.29 is 9.18 Å². The van der Waals surface area contributed by atoms with Crippen LogP contribution in [0.1, 0.15) is 34.7 Å². The Morgan fingerprint density at radius 3 is 2.89 bits per heavy atom. The van der Waals surface area contributed by atoms with E-state index in [0.717, 1.165) is 5.56 Å². The summed E-state index contributed by atoms with van der Waals surface area (Å²) in [7, 11) is 0. The first-order valence-corrected chi connectivity index (χ1v) is 5.64. The maximum absolute atomic E-state index is 13.6. The molecule has 2 aromatic rings. The summed E-state index contributed by atoms with van der Waals surface area (Å²) in [5.41, 5.74) is 0.821. The van der Waals surface area contributed by atoms with Crippen molar-refractivity contribution in [1.29, 1.82) is 0 Å². The number of amides is 1. The molecular weight excluding hydrogens is 233 g/mol. The van der Waals surface area contributed by atoms with E-state index in [1.54, 1.807) is 32.3 Å². The van der Waals surface area contributed by atoms with Gasteiger partial charge in [0, 0.05) is 12.4 Å². The van der Waals surface area contributed by atoms with Crippen LogP contribution in [0.4, 0.5) is 4.39 Å². The van der Waals surface area contributed by atoms with E-state index in [-0.39, 0.29) is 11.6 Å². The van der Waals surface area contributed by atoms with Crippen molar-refractivity contribution >= 4 is 5.91 Å². The zero-order valence-electron chi connectivity index (χ0n) is 10.2. The summed E-state index contributed by atoms with van der Waals surface area (Å²) in [5, 5.41) is 2.69. The molecule has 0 fully saturated rings. The first-order valence-electron chi connectivity index (χ1n) is 5.64. The van der Waals surface area contributed by atoms with Gasteiger partial charge >= 0.3 is 0 Å². The van der Waals surface area contributed by atoms with Gasteiger partial charge in [-0.25, -0.2) is 9.37 Å². The van der Waals surface area contributed by atoms with Crippen LogP contribution >= 0.6 is 0 Å². The highest BCUT2D eigenvalue weighted by molar-refractivity contribution is 5.94. The summed E-state index contributed by atoms with van der Waals surface area (Å²) in [5.74, 6) is -0.327. The Balaban J connectivity index is 2.12. The molecule has 1 aromatic carbocycles. The number of H-pyrrole nitrogens is 1. The number of benzene rings is 1. The molecule has 0 saturated heterocycles. The van der Waals surface area contributed by atoms with Crippen LogP contribution in [0.2, 0.25) is 0 Å². The molecule has 0 radical (unpaired) electrons. The van der Waals surface area contributed by atoms with Crippen molar-refractivity contribution in [2.75, 3.05) is 0 Å². The zero-order chi connectivity index (χ0) is 13.1. The van der Waals surface area contributed by atoms with Gasteiger partial charge in [-0.2, -0.15) is 0 Å². The molecule has 5 heteroatoms. The van der Waals surface area contributed by atoms with Gasteiger partial charge in [-0.1, -0.05) is 6.07 Å². The Kier molecular flexibility index (Phi) is 3.41. The lowest BCUT2D eigenvalue weighted by Gasteiger charge is -2.12. The summed E-state index contributed by atoms with van der Waals surface area (Å²) >= 11 is 0. The van der Waals surface area contributed by atoms with Crippen LogP contribution in [0, 0.1) is 12.7 Å². The van der Waals surface area contributed by atoms with Gasteiger partial charge in [-0.15, -0.1) is 0 Å². The van der Waals surface area contributed by atoms with E-state index in [1.807, 2.05) is 0 Å². The topological polar surface area (TPSA) is 57.8 Å². The van der Waals surface area contributed by atoms with Crippen LogP contribution in [-0.4, -0.2) is 15.9 Å². The number of imidazole rings is 1. The SMILES string of the molecule is Cc1ccc(C(=O)NC(C)c2ncc[nH]2)c(F)c1. The molecule has 0 bridgehead atoms. The van der Waals surface area contributed by atoms with Crippen molar-refractivity contribution in [2.45, 2.75) is 19.9 Å². The lowest BCUT2D eigenvalue weighted by molar-refractivity contribution is 0.0934. The van der Waals surface area contributed by atoms with Gasteiger partial charge in [0.05, 0.1) is 11.6 Å². The number of halogens is 1. The molecule has 1 aromatic heterocycles. The first-order chi connectivity index (χ1) is 8.58. The van der Waals surface area contributed by atoms with E-state index in [2.05, 4.69) is 15.3 Å². The molecule has 0 saturated carbocycles. The van der Waals surface area contributed by atoms with Crippen LogP contribution in [0.3, 0.4) is 0 Å². The number of rotatable bonds is 3. The fourth-order valence-corrected chi connectivity index (χ4v) is 1.66. The van der Waals surface area contributed by atoms with Crippen molar-refractivity contribution in [2.24, 2.45) is 0 Å². The molecule has 1 amide bonds. The third-order valence-corrected chi connectivity index (χ3v) is 2.65. The fourth-order valence-electron chi connectivity index (χ4n) is 1.66. The third kappa shape index (κ3) is 2.56. The molecule has 94 valence electrons. The quantitative estimate of drug-likeness (QED) is 0.874. The Labute approximate surface area is 104 Å². The second kappa shape index (κ2) is 5.00. The van der Waals surface area contributed by atoms with Gasteiger partial charge in [-0.05, 0) is 31.5 Å². The Hall–Kier alpha value is -2.17. The standard InChI is InChI=1S/C13H14FN3O/c1-8-3-4-10(11(14)7-8)13(18)17-9(2)12-15-5-6-16-12/h3-7,9H,1-2H3,(H,15,16)(H,17,18). The van der Waals surface area contributed by atoms with Crippen molar-refractivity contribution in [1.82, 2.24) is 15.3 Å². The molecule has 0 aliphatic carbocycles. The second-order valence-corrected chi connectivity index (χ2v) is 4.15. The molecule has 0 spiro atoms. The zero-order valence-corrected chi connectivity index (χ0v) is 10.2. The molecular formula is C13H14FN3O. The van der Waals surface area contributed by atoms with Crippen LogP contribution in [-0.2, 0) is 0 Å². The highest BCUT2D eigenvalue weighted by Crippen LogP contribution is 2.12. The van der Waals surface area contributed by atoms with Gasteiger partial charge in [0.1, 0.15) is 11.6 Å². The van der Waals surface area contributed by atoms with Gasteiger partial charge < -0.3 is 10.3 Å². The van der Waals surface area contributed by atoms with E-state index in [4.69, 9.17) is 0 Å². The molecule has 0 aliphatic heterocycles. The number of carbonyl (C=O) groups excluding carboxylic acids is 1. The van der Waals surface area contributed by atoms with Gasteiger partial charge in [0.2, 0.25) is 0 Å². The van der Waals surface area contributed by atoms with E-state index in [1.165, 1.54) is 12.1 Å². The smallest absolute Gasteiger partial charge is 0.254 e. The average Bonchev–Trinajstić information content (AvgIpc) is 2.81. The molecule has 2 rings (SSSR count). The van der Waals surface area contributed by atoms with Crippen LogP contribution < -0.4 is 5.32 Å². The Morgan fingerprint density at radius 1 is 1.50 bits per heavy atom. The fraction of sp³-hybridized carbons (Fsp3) is 0.231. The van der Waals surface area contributed by atoms with Gasteiger partial charge in [0.15, 0.2) is 0 Å². The molecule has 1 atom stereocenters. The highest BCUT2D eigenvalue weighted by atomic mass is 19.1. The average molecular weight is 247 g/mol. The predicted octanol–water partition coefficient (Wildman–Crippen LogP) is 2.35. The van der Waals surface area contributed by atoms with Crippen molar-refractivity contribution in [3.8, 4) is 0 Å². The largest absolute Gasteiger partial charge is 0.347 e. The number of nitrogens with one attached hydrogen (secondary N) is 2. The van der Waals surface area contributed by atoms with Crippen molar-refractivity contribution in [3.05, 3.63) is 53.4 Å². The molecule has 1 unspecified atom stereocenters. The lowest BCUT2D eigenvalue weighted by atomic mass is 10.1. The summed E-state index contributed by atoms with van der Waals surface area (Å²) in [6, 6.07) is 4.23. The number of aryl methyl sites for hydroxylation is 1. The van der Waals surface area contributed by atoms with E-state index >= 15 is 0 Å². The first kappa shape index (κ1) is 12.3. The number of hydrogen-bond donors (Lipinski definition) is 2. The molecule has 0 aliphatic rings. The lowest BCUT2D eigenvalue weighted by Crippen LogP contribution is -2.28. The molecule has 18 heavy (non-hydrogen) atoms. The minimum Gasteiger partial charge on any atom is -0.347 e. The number of aromatic amines is 1. The molecule has 1 heterocycles. The van der Waals surface area contributed by atoms with Gasteiger partial charge in [-0.3, -0.25) is 4.79 Å². The Bertz CT molecular complexity index is 551. The minimum absolute atomic E-state index is 0.0407. The second-order valence-electron chi connectivity index (χ2n) is 4.15. The number of carbonyl (C=O) groups is 1. The highest BCUT2D eigenvalue weighted by Gasteiger charge is 2.16. The number of nitrogens with zero attached hydrogens (tertiary/aromatic N) is 1. The normalized spacial score (nSPS) is 12.2. The van der Waals surface area contributed by atoms with Crippen LogP contribution in [0.5, 0.6) is 0 Å². The Morgan fingerprint density at radius 2 is 2.28 bits per heavy atom. The van der Waals surface area contributed by atoms with E-state index in [9.17, 15) is 9.18 Å². The van der Waals surface area contributed by atoms with E-state index < -0.39 is 11.7 Å². The maximum atomic E-state index is 13.6. The maximum Gasteiger partial charge on any atom is 0.254 e.